The molecule has 0 aliphatic heterocycles. The summed E-state index contributed by atoms with van der Waals surface area (Å²) in [5.74, 6) is 0. The maximum atomic E-state index is 8.54. The zero-order chi connectivity index (χ0) is 10.7. The van der Waals surface area contributed by atoms with Crippen LogP contribution in [0.5, 0.6) is 0 Å². The maximum absolute atomic E-state index is 8.54. The zero-order valence-corrected chi connectivity index (χ0v) is 9.48. The normalized spacial score (nSPS) is 10.5. The van der Waals surface area contributed by atoms with Crippen LogP contribution < -0.4 is 5.48 Å². The van der Waals surface area contributed by atoms with Gasteiger partial charge in [-0.1, -0.05) is 12.1 Å². The number of hydrogen-bond acceptors (Lipinski definition) is 3. The fourth-order valence-electron chi connectivity index (χ4n) is 1.32. The van der Waals surface area contributed by atoms with Crippen LogP contribution in [0.4, 0.5) is 0 Å². The molecule has 2 N–H and O–H groups in total. The van der Waals surface area contributed by atoms with E-state index < -0.39 is 0 Å². The molecule has 0 radical (unpaired) electrons. The molecule has 0 aliphatic carbocycles. The fraction of sp³-hybridized carbons (Fsp3) is 0.100. The molecular formula is C10H10BrN3O. The Bertz CT molecular complexity index is 438. The summed E-state index contributed by atoms with van der Waals surface area (Å²) in [4.78, 5) is 0. The predicted molar refractivity (Wildman–Crippen MR) is 59.9 cm³/mol. The minimum atomic E-state index is 0.445. The lowest BCUT2D eigenvalue weighted by Gasteiger charge is -2.04. The van der Waals surface area contributed by atoms with E-state index >= 15 is 0 Å². The van der Waals surface area contributed by atoms with Gasteiger partial charge in [0.05, 0.1) is 11.9 Å². The molecule has 2 aromatic rings. The average Bonchev–Trinajstić information content (AvgIpc) is 2.66. The largest absolute Gasteiger partial charge is 0.316 e. The van der Waals surface area contributed by atoms with Gasteiger partial charge < -0.3 is 5.21 Å². The van der Waals surface area contributed by atoms with E-state index in [0.717, 1.165) is 15.9 Å². The fourth-order valence-corrected chi connectivity index (χ4v) is 1.74. The van der Waals surface area contributed by atoms with Gasteiger partial charge in [0.2, 0.25) is 0 Å². The van der Waals surface area contributed by atoms with Crippen molar-refractivity contribution in [2.45, 2.75) is 6.54 Å². The predicted octanol–water partition coefficient (Wildman–Crippen LogP) is 2.11. The van der Waals surface area contributed by atoms with E-state index in [4.69, 9.17) is 5.21 Å². The number of nitrogens with one attached hydrogen (secondary N) is 1. The quantitative estimate of drug-likeness (QED) is 0.838. The molecule has 1 aromatic carbocycles. The van der Waals surface area contributed by atoms with Crippen molar-refractivity contribution in [1.82, 2.24) is 15.3 Å². The summed E-state index contributed by atoms with van der Waals surface area (Å²) in [6.07, 6.45) is 1.73. The van der Waals surface area contributed by atoms with Crippen molar-refractivity contribution in [3.05, 3.63) is 46.7 Å². The Morgan fingerprint density at radius 2 is 2.00 bits per heavy atom. The molecule has 0 saturated carbocycles. The molecule has 1 heterocycles. The van der Waals surface area contributed by atoms with E-state index in [0.29, 0.717) is 6.54 Å². The van der Waals surface area contributed by atoms with Gasteiger partial charge in [0.1, 0.15) is 4.60 Å². The van der Waals surface area contributed by atoms with Crippen LogP contribution in [0, 0.1) is 0 Å². The molecule has 0 saturated heterocycles. The van der Waals surface area contributed by atoms with Crippen molar-refractivity contribution in [3.8, 4) is 5.69 Å². The van der Waals surface area contributed by atoms with Crippen LogP contribution in [-0.4, -0.2) is 15.0 Å². The second kappa shape index (κ2) is 4.57. The highest BCUT2D eigenvalue weighted by molar-refractivity contribution is 9.10. The summed E-state index contributed by atoms with van der Waals surface area (Å²) < 4.78 is 2.70. The summed E-state index contributed by atoms with van der Waals surface area (Å²) in [6, 6.07) is 9.65. The minimum absolute atomic E-state index is 0.445. The maximum Gasteiger partial charge on any atom is 0.109 e. The van der Waals surface area contributed by atoms with Crippen LogP contribution >= 0.6 is 15.9 Å². The van der Waals surface area contributed by atoms with E-state index in [1.54, 1.807) is 10.9 Å². The van der Waals surface area contributed by atoms with Gasteiger partial charge in [-0.3, -0.25) is 0 Å². The van der Waals surface area contributed by atoms with Gasteiger partial charge in [0.25, 0.3) is 0 Å². The molecule has 0 aliphatic rings. The lowest BCUT2D eigenvalue weighted by Crippen LogP contribution is -2.06. The second-order valence-electron chi connectivity index (χ2n) is 3.07. The average molecular weight is 268 g/mol. The molecule has 0 unspecified atom stereocenters. The topological polar surface area (TPSA) is 50.1 Å². The van der Waals surface area contributed by atoms with Crippen LogP contribution in [0.25, 0.3) is 5.69 Å². The van der Waals surface area contributed by atoms with E-state index in [1.807, 2.05) is 30.3 Å². The van der Waals surface area contributed by atoms with Crippen molar-refractivity contribution in [2.75, 3.05) is 0 Å². The number of nitrogens with zero attached hydrogens (tertiary/aromatic N) is 2. The van der Waals surface area contributed by atoms with E-state index in [1.165, 1.54) is 0 Å². The highest BCUT2D eigenvalue weighted by Crippen LogP contribution is 2.15. The Labute approximate surface area is 95.6 Å². The molecule has 0 amide bonds. The summed E-state index contributed by atoms with van der Waals surface area (Å²) >= 11 is 3.40. The van der Waals surface area contributed by atoms with Crippen LogP contribution in [0.15, 0.2) is 41.1 Å². The number of hydrogen-bond donors (Lipinski definition) is 2. The first-order valence-electron chi connectivity index (χ1n) is 4.47. The van der Waals surface area contributed by atoms with Crippen LogP contribution in [0.2, 0.25) is 0 Å². The van der Waals surface area contributed by atoms with Crippen molar-refractivity contribution in [2.24, 2.45) is 0 Å². The van der Waals surface area contributed by atoms with Gasteiger partial charge in [-0.25, -0.2) is 10.2 Å². The van der Waals surface area contributed by atoms with Gasteiger partial charge in [0.15, 0.2) is 0 Å². The van der Waals surface area contributed by atoms with Crippen molar-refractivity contribution >= 4 is 15.9 Å². The first kappa shape index (κ1) is 10.4. The zero-order valence-electron chi connectivity index (χ0n) is 7.89. The molecule has 0 bridgehead atoms. The molecule has 5 heteroatoms. The molecule has 0 fully saturated rings. The summed E-state index contributed by atoms with van der Waals surface area (Å²) in [7, 11) is 0. The monoisotopic (exact) mass is 267 g/mol. The van der Waals surface area contributed by atoms with Gasteiger partial charge >= 0.3 is 0 Å². The molecule has 15 heavy (non-hydrogen) atoms. The number of halogens is 1. The minimum Gasteiger partial charge on any atom is -0.316 e. The Kier molecular flexibility index (Phi) is 3.15. The Morgan fingerprint density at radius 1 is 1.27 bits per heavy atom. The first-order valence-corrected chi connectivity index (χ1v) is 5.26. The Morgan fingerprint density at radius 3 is 2.53 bits per heavy atom. The van der Waals surface area contributed by atoms with Gasteiger partial charge in [-0.2, -0.15) is 5.10 Å². The second-order valence-corrected chi connectivity index (χ2v) is 3.88. The number of hydroxylamine groups is 1. The van der Waals surface area contributed by atoms with Crippen molar-refractivity contribution in [3.63, 3.8) is 0 Å². The van der Waals surface area contributed by atoms with Gasteiger partial charge in [-0.15, -0.1) is 0 Å². The first-order chi connectivity index (χ1) is 7.31. The highest BCUT2D eigenvalue weighted by atomic mass is 79.9. The smallest absolute Gasteiger partial charge is 0.109 e. The molecular weight excluding hydrogens is 258 g/mol. The van der Waals surface area contributed by atoms with Crippen LogP contribution in [-0.2, 0) is 6.54 Å². The number of rotatable bonds is 3. The van der Waals surface area contributed by atoms with Crippen molar-refractivity contribution < 1.29 is 5.21 Å². The van der Waals surface area contributed by atoms with Gasteiger partial charge in [0, 0.05) is 6.54 Å². The number of aromatic nitrogens is 2. The van der Waals surface area contributed by atoms with Crippen LogP contribution in [0.3, 0.4) is 0 Å². The molecule has 4 nitrogen and oxygen atoms in total. The van der Waals surface area contributed by atoms with E-state index in [-0.39, 0.29) is 0 Å². The van der Waals surface area contributed by atoms with E-state index in [2.05, 4.69) is 26.5 Å². The molecule has 0 spiro atoms. The summed E-state index contributed by atoms with van der Waals surface area (Å²) in [5.41, 5.74) is 4.12. The molecule has 78 valence electrons. The lowest BCUT2D eigenvalue weighted by molar-refractivity contribution is 0.161. The summed E-state index contributed by atoms with van der Waals surface area (Å²) in [6.45, 7) is 0.445. The summed E-state index contributed by atoms with van der Waals surface area (Å²) in [5, 5.41) is 12.7. The standard InChI is InChI=1S/C10H10BrN3O/c11-10-5-6-12-14(10)9-3-1-8(2-4-9)7-13-15/h1-6,13,15H,7H2. The third-order valence-corrected chi connectivity index (χ3v) is 2.66. The highest BCUT2D eigenvalue weighted by Gasteiger charge is 2.01. The van der Waals surface area contributed by atoms with Crippen LogP contribution in [0.1, 0.15) is 5.56 Å². The Balaban J connectivity index is 2.28. The van der Waals surface area contributed by atoms with E-state index in [9.17, 15) is 0 Å². The molecule has 0 atom stereocenters. The van der Waals surface area contributed by atoms with Crippen molar-refractivity contribution in [1.29, 1.82) is 0 Å². The number of benzene rings is 1. The SMILES string of the molecule is ONCc1ccc(-n2nccc2Br)cc1. The third kappa shape index (κ3) is 2.26. The lowest BCUT2D eigenvalue weighted by atomic mass is 10.2. The third-order valence-electron chi connectivity index (χ3n) is 2.06. The Hall–Kier alpha value is -1.17. The van der Waals surface area contributed by atoms with Gasteiger partial charge in [-0.05, 0) is 39.7 Å². The molecule has 2 rings (SSSR count). The molecule has 1 aromatic heterocycles.